The molecular weight excluding hydrogens is 448 g/mol. The predicted molar refractivity (Wildman–Crippen MR) is 124 cm³/mol. The molecule has 0 aliphatic carbocycles. The van der Waals surface area contributed by atoms with Crippen LogP contribution in [-0.4, -0.2) is 35.8 Å². The van der Waals surface area contributed by atoms with Crippen LogP contribution in [0, 0.1) is 17.0 Å². The maximum atomic E-state index is 12.7. The highest BCUT2D eigenvalue weighted by molar-refractivity contribution is 8.00. The molecule has 0 saturated heterocycles. The molecule has 32 heavy (non-hydrogen) atoms. The number of amides is 1. The van der Waals surface area contributed by atoms with Gasteiger partial charge in [-0.05, 0) is 26.0 Å². The average molecular weight is 467 g/mol. The fourth-order valence-electron chi connectivity index (χ4n) is 2.95. The first-order chi connectivity index (χ1) is 15.4. The molecule has 0 spiro atoms. The Kier molecular flexibility index (Phi) is 6.28. The van der Waals surface area contributed by atoms with Crippen LogP contribution in [0.15, 0.2) is 65.1 Å². The molecule has 1 amide bonds. The molecule has 9 nitrogen and oxygen atoms in total. The zero-order chi connectivity index (χ0) is 22.7. The number of benzene rings is 2. The predicted octanol–water partition coefficient (Wildman–Crippen LogP) is 4.73. The third kappa shape index (κ3) is 4.68. The normalized spacial score (nSPS) is 11.8. The first-order valence-electron chi connectivity index (χ1n) is 9.57. The number of hydrogen-bond acceptors (Lipinski definition) is 8. The summed E-state index contributed by atoms with van der Waals surface area (Å²) in [5.74, 6) is 0.503. The van der Waals surface area contributed by atoms with Crippen molar-refractivity contribution >= 4 is 39.8 Å². The molecule has 0 fully saturated rings. The molecule has 0 saturated carbocycles. The number of nitro benzene ring substituents is 1. The number of thiazole rings is 1. The summed E-state index contributed by atoms with van der Waals surface area (Å²) in [5.41, 5.74) is 2.09. The molecule has 0 aliphatic heterocycles. The minimum Gasteiger partial charge on any atom is -0.301 e. The van der Waals surface area contributed by atoms with Crippen LogP contribution in [0.25, 0.3) is 16.9 Å². The number of rotatable bonds is 7. The summed E-state index contributed by atoms with van der Waals surface area (Å²) < 4.78 is 1.90. The van der Waals surface area contributed by atoms with E-state index in [0.717, 1.165) is 11.5 Å². The van der Waals surface area contributed by atoms with E-state index in [4.69, 9.17) is 0 Å². The summed E-state index contributed by atoms with van der Waals surface area (Å²) in [7, 11) is 0. The van der Waals surface area contributed by atoms with Crippen LogP contribution in [0.3, 0.4) is 0 Å². The molecule has 4 aromatic rings. The minimum absolute atomic E-state index is 0.0103. The monoisotopic (exact) mass is 466 g/mol. The lowest BCUT2D eigenvalue weighted by Crippen LogP contribution is -2.22. The van der Waals surface area contributed by atoms with Crippen LogP contribution >= 0.6 is 23.1 Å². The van der Waals surface area contributed by atoms with Crippen molar-refractivity contribution in [2.75, 3.05) is 5.32 Å². The van der Waals surface area contributed by atoms with Crippen LogP contribution in [0.4, 0.5) is 10.8 Å². The number of para-hydroxylation sites is 1. The summed E-state index contributed by atoms with van der Waals surface area (Å²) in [6.45, 7) is 3.65. The van der Waals surface area contributed by atoms with E-state index in [-0.39, 0.29) is 11.6 Å². The second-order valence-electron chi connectivity index (χ2n) is 6.80. The molecule has 0 radical (unpaired) electrons. The second-order valence-corrected chi connectivity index (χ2v) is 8.96. The molecule has 0 unspecified atom stereocenters. The van der Waals surface area contributed by atoms with E-state index in [0.29, 0.717) is 21.5 Å². The van der Waals surface area contributed by atoms with Gasteiger partial charge in [0.15, 0.2) is 10.3 Å². The first-order valence-corrected chi connectivity index (χ1v) is 11.3. The Labute approximate surface area is 191 Å². The van der Waals surface area contributed by atoms with E-state index in [2.05, 4.69) is 20.5 Å². The van der Waals surface area contributed by atoms with E-state index < -0.39 is 10.2 Å². The summed E-state index contributed by atoms with van der Waals surface area (Å²) in [4.78, 5) is 27.7. The summed E-state index contributed by atoms with van der Waals surface area (Å²) in [5, 5.41) is 24.5. The number of hydrogen-bond donors (Lipinski definition) is 1. The number of anilines is 1. The Hall–Kier alpha value is -3.57. The Morgan fingerprint density at radius 3 is 2.72 bits per heavy atom. The van der Waals surface area contributed by atoms with Gasteiger partial charge in [-0.1, -0.05) is 42.1 Å². The number of non-ortho nitro benzene ring substituents is 1. The first kappa shape index (κ1) is 21.7. The number of carbonyl (C=O) groups is 1. The highest BCUT2D eigenvalue weighted by Gasteiger charge is 2.21. The van der Waals surface area contributed by atoms with Crippen molar-refractivity contribution in [2.45, 2.75) is 24.3 Å². The Morgan fingerprint density at radius 1 is 1.19 bits per heavy atom. The van der Waals surface area contributed by atoms with E-state index in [1.54, 1.807) is 24.4 Å². The SMILES string of the molecule is Cc1nnc(S[C@H](C)C(=O)Nc2nc(-c3cccc([N+](=O)[O-])c3)cs2)n1-c1ccccc1. The number of nitrogens with one attached hydrogen (secondary N) is 1. The van der Waals surface area contributed by atoms with Gasteiger partial charge in [0.1, 0.15) is 5.82 Å². The van der Waals surface area contributed by atoms with Gasteiger partial charge < -0.3 is 5.32 Å². The molecule has 11 heteroatoms. The van der Waals surface area contributed by atoms with Crippen LogP contribution in [0.2, 0.25) is 0 Å². The molecule has 2 heterocycles. The lowest BCUT2D eigenvalue weighted by molar-refractivity contribution is -0.384. The van der Waals surface area contributed by atoms with E-state index in [1.165, 1.54) is 35.2 Å². The van der Waals surface area contributed by atoms with Crippen molar-refractivity contribution in [3.8, 4) is 16.9 Å². The van der Waals surface area contributed by atoms with Crippen LogP contribution in [-0.2, 0) is 4.79 Å². The smallest absolute Gasteiger partial charge is 0.270 e. The molecule has 0 bridgehead atoms. The molecule has 0 aliphatic rings. The largest absolute Gasteiger partial charge is 0.301 e. The number of nitrogens with zero attached hydrogens (tertiary/aromatic N) is 5. The van der Waals surface area contributed by atoms with Crippen LogP contribution < -0.4 is 5.32 Å². The molecule has 1 atom stereocenters. The Balaban J connectivity index is 1.46. The Morgan fingerprint density at radius 2 is 1.97 bits per heavy atom. The lowest BCUT2D eigenvalue weighted by atomic mass is 10.1. The zero-order valence-electron chi connectivity index (χ0n) is 17.1. The average Bonchev–Trinajstić information content (AvgIpc) is 3.41. The molecule has 162 valence electrons. The minimum atomic E-state index is -0.453. The topological polar surface area (TPSA) is 116 Å². The van der Waals surface area contributed by atoms with Crippen molar-refractivity contribution in [1.29, 1.82) is 0 Å². The van der Waals surface area contributed by atoms with Gasteiger partial charge in [-0.15, -0.1) is 21.5 Å². The molecule has 2 aromatic heterocycles. The van der Waals surface area contributed by atoms with Gasteiger partial charge in [-0.2, -0.15) is 0 Å². The number of aromatic nitrogens is 4. The number of carbonyl (C=O) groups excluding carboxylic acids is 1. The number of nitro groups is 1. The Bertz CT molecular complexity index is 1270. The quantitative estimate of drug-likeness (QED) is 0.238. The van der Waals surface area contributed by atoms with Crippen molar-refractivity contribution in [3.05, 3.63) is 75.9 Å². The van der Waals surface area contributed by atoms with Crippen molar-refractivity contribution < 1.29 is 9.72 Å². The van der Waals surface area contributed by atoms with Gasteiger partial charge in [0.2, 0.25) is 5.91 Å². The second kappa shape index (κ2) is 9.28. The van der Waals surface area contributed by atoms with E-state index in [1.807, 2.05) is 41.8 Å². The van der Waals surface area contributed by atoms with Gasteiger partial charge in [0.05, 0.1) is 15.9 Å². The van der Waals surface area contributed by atoms with Crippen molar-refractivity contribution in [1.82, 2.24) is 19.7 Å². The zero-order valence-corrected chi connectivity index (χ0v) is 18.8. The van der Waals surface area contributed by atoms with Crippen molar-refractivity contribution in [3.63, 3.8) is 0 Å². The summed E-state index contributed by atoms with van der Waals surface area (Å²) in [6, 6.07) is 15.9. The number of aryl methyl sites for hydroxylation is 1. The summed E-state index contributed by atoms with van der Waals surface area (Å²) >= 11 is 2.56. The highest BCUT2D eigenvalue weighted by atomic mass is 32.2. The van der Waals surface area contributed by atoms with Gasteiger partial charge in [0, 0.05) is 28.8 Å². The molecular formula is C21H18N6O3S2. The van der Waals surface area contributed by atoms with Gasteiger partial charge in [-0.3, -0.25) is 19.5 Å². The summed E-state index contributed by atoms with van der Waals surface area (Å²) in [6.07, 6.45) is 0. The van der Waals surface area contributed by atoms with Crippen LogP contribution in [0.5, 0.6) is 0 Å². The standard InChI is InChI=1S/C21H18N6O3S2/c1-13(32-21-25-24-14(2)26(21)16-8-4-3-5-9-16)19(28)23-20-22-18(12-31-20)15-7-6-10-17(11-15)27(29)30/h3-13H,1-2H3,(H,22,23,28)/t13-/m1/s1. The van der Waals surface area contributed by atoms with E-state index >= 15 is 0 Å². The van der Waals surface area contributed by atoms with Crippen LogP contribution in [0.1, 0.15) is 12.7 Å². The van der Waals surface area contributed by atoms with E-state index in [9.17, 15) is 14.9 Å². The fourth-order valence-corrected chi connectivity index (χ4v) is 4.59. The van der Waals surface area contributed by atoms with Gasteiger partial charge in [-0.25, -0.2) is 4.98 Å². The fraction of sp³-hybridized carbons (Fsp3) is 0.143. The molecule has 2 aromatic carbocycles. The van der Waals surface area contributed by atoms with Crippen molar-refractivity contribution in [2.24, 2.45) is 0 Å². The molecule has 4 rings (SSSR count). The molecule has 1 N–H and O–H groups in total. The highest BCUT2D eigenvalue weighted by Crippen LogP contribution is 2.29. The number of thioether (sulfide) groups is 1. The third-order valence-electron chi connectivity index (χ3n) is 4.55. The van der Waals surface area contributed by atoms with Gasteiger partial charge >= 0.3 is 0 Å². The lowest BCUT2D eigenvalue weighted by Gasteiger charge is -2.12. The maximum Gasteiger partial charge on any atom is 0.270 e. The van der Waals surface area contributed by atoms with Gasteiger partial charge in [0.25, 0.3) is 5.69 Å². The maximum absolute atomic E-state index is 12.7. The third-order valence-corrected chi connectivity index (χ3v) is 6.35.